The van der Waals surface area contributed by atoms with Crippen LogP contribution in [0.4, 0.5) is 0 Å². The summed E-state index contributed by atoms with van der Waals surface area (Å²) in [5.41, 5.74) is 5.79. The molecular weight excluding hydrogens is 442 g/mol. The molecule has 0 saturated carbocycles. The van der Waals surface area contributed by atoms with E-state index in [1.165, 1.54) is 16.7 Å². The second-order valence-electron chi connectivity index (χ2n) is 10.3. The summed E-state index contributed by atoms with van der Waals surface area (Å²) >= 11 is 0. The Balaban J connectivity index is 1.20. The minimum atomic E-state index is -0.0948. The van der Waals surface area contributed by atoms with Gasteiger partial charge in [-0.2, -0.15) is 0 Å². The van der Waals surface area contributed by atoms with Gasteiger partial charge >= 0.3 is 0 Å². The number of carbonyl (C=O) groups is 1. The van der Waals surface area contributed by atoms with Crippen LogP contribution in [0.15, 0.2) is 34.5 Å². The second kappa shape index (κ2) is 10.8. The molecular formula is C27H39N5O3. The van der Waals surface area contributed by atoms with Crippen molar-refractivity contribution in [2.75, 3.05) is 40.0 Å². The first-order valence-corrected chi connectivity index (χ1v) is 13.0. The van der Waals surface area contributed by atoms with Crippen LogP contribution in [0.3, 0.4) is 0 Å². The number of piperidine rings is 1. The maximum Gasteiger partial charge on any atom is 0.270 e. The summed E-state index contributed by atoms with van der Waals surface area (Å²) in [6.07, 6.45) is 5.60. The first kappa shape index (κ1) is 24.4. The van der Waals surface area contributed by atoms with Crippen molar-refractivity contribution in [1.82, 2.24) is 20.4 Å². The van der Waals surface area contributed by atoms with Crippen LogP contribution in [0.25, 0.3) is 0 Å². The monoisotopic (exact) mass is 481 g/mol. The van der Waals surface area contributed by atoms with Crippen molar-refractivity contribution in [2.24, 2.45) is 4.99 Å². The minimum Gasteiger partial charge on any atom is -0.379 e. The zero-order valence-electron chi connectivity index (χ0n) is 21.3. The van der Waals surface area contributed by atoms with E-state index in [1.807, 2.05) is 4.90 Å². The number of amides is 1. The Morgan fingerprint density at radius 1 is 1.17 bits per heavy atom. The van der Waals surface area contributed by atoms with Gasteiger partial charge in [-0.15, -0.1) is 0 Å². The van der Waals surface area contributed by atoms with Crippen molar-refractivity contribution in [3.05, 3.63) is 46.2 Å². The molecule has 3 atom stereocenters. The Kier molecular flexibility index (Phi) is 7.53. The molecule has 8 heteroatoms. The number of fused-ring (bicyclic) bond motifs is 1. The van der Waals surface area contributed by atoms with Crippen molar-refractivity contribution >= 4 is 12.2 Å². The number of likely N-dealkylation sites (tertiary alicyclic amines) is 1. The van der Waals surface area contributed by atoms with Crippen LogP contribution >= 0.6 is 0 Å². The third kappa shape index (κ3) is 5.31. The van der Waals surface area contributed by atoms with Crippen molar-refractivity contribution in [2.45, 2.75) is 70.4 Å². The molecule has 5 rings (SSSR count). The van der Waals surface area contributed by atoms with Crippen LogP contribution < -0.4 is 10.6 Å². The highest BCUT2D eigenvalue weighted by molar-refractivity contribution is 5.96. The number of benzene rings is 1. The number of hydrogen-bond donors (Lipinski definition) is 2. The quantitative estimate of drug-likeness (QED) is 0.670. The molecule has 8 nitrogen and oxygen atoms in total. The van der Waals surface area contributed by atoms with Crippen LogP contribution in [0.1, 0.15) is 42.9 Å². The molecule has 190 valence electrons. The van der Waals surface area contributed by atoms with Crippen LogP contribution in [0.5, 0.6) is 0 Å². The fourth-order valence-corrected chi connectivity index (χ4v) is 5.89. The topological polar surface area (TPSA) is 78.4 Å². The Hall–Kier alpha value is -2.26. The maximum atomic E-state index is 13.5. The Morgan fingerprint density at radius 2 is 2.00 bits per heavy atom. The molecule has 1 amide bonds. The fraction of sp³-hybridized carbons (Fsp3) is 0.630. The maximum absolute atomic E-state index is 13.5. The molecule has 4 heterocycles. The molecule has 0 aromatic heterocycles. The van der Waals surface area contributed by atoms with E-state index in [2.05, 4.69) is 47.6 Å². The van der Waals surface area contributed by atoms with Gasteiger partial charge in [-0.25, -0.2) is 0 Å². The Morgan fingerprint density at radius 3 is 2.80 bits per heavy atom. The van der Waals surface area contributed by atoms with Crippen molar-refractivity contribution in [1.29, 1.82) is 0 Å². The van der Waals surface area contributed by atoms with Gasteiger partial charge in [0.05, 0.1) is 19.0 Å². The lowest BCUT2D eigenvalue weighted by molar-refractivity contribution is -0.128. The van der Waals surface area contributed by atoms with E-state index in [-0.39, 0.29) is 18.2 Å². The van der Waals surface area contributed by atoms with Crippen LogP contribution in [-0.4, -0.2) is 86.4 Å². The van der Waals surface area contributed by atoms with E-state index in [4.69, 9.17) is 14.5 Å². The number of nitrogens with one attached hydrogen (secondary N) is 2. The van der Waals surface area contributed by atoms with E-state index in [9.17, 15) is 4.79 Å². The molecule has 0 aliphatic carbocycles. The molecule has 2 unspecified atom stereocenters. The van der Waals surface area contributed by atoms with E-state index in [0.29, 0.717) is 24.4 Å². The van der Waals surface area contributed by atoms with Gasteiger partial charge in [0, 0.05) is 52.0 Å². The number of aliphatic imine (C=N–C) groups is 1. The summed E-state index contributed by atoms with van der Waals surface area (Å²) in [6.45, 7) is 8.95. The number of rotatable bonds is 5. The number of methoxy groups -OCH3 is 1. The number of ether oxygens (including phenoxy) is 2. The lowest BCUT2D eigenvalue weighted by Crippen LogP contribution is -2.54. The third-order valence-electron chi connectivity index (χ3n) is 8.01. The predicted octanol–water partition coefficient (Wildman–Crippen LogP) is 1.97. The average Bonchev–Trinajstić information content (AvgIpc) is 2.89. The third-order valence-corrected chi connectivity index (χ3v) is 8.01. The SMILES string of the molecule is COC1COCC[C@@H]1NC1CCN(C(=O)C2=C(C)C(N3CCc4ccc(C)cc4C3)N=CN2)CC1. The molecule has 4 aliphatic heterocycles. The summed E-state index contributed by atoms with van der Waals surface area (Å²) in [7, 11) is 1.75. The number of carbonyl (C=O) groups excluding carboxylic acids is 1. The van der Waals surface area contributed by atoms with Crippen LogP contribution in [0.2, 0.25) is 0 Å². The molecule has 0 radical (unpaired) electrons. The number of nitrogens with zero attached hydrogens (tertiary/aromatic N) is 3. The summed E-state index contributed by atoms with van der Waals surface area (Å²) in [4.78, 5) is 22.6. The van der Waals surface area contributed by atoms with Gasteiger partial charge in [0.15, 0.2) is 0 Å². The van der Waals surface area contributed by atoms with Gasteiger partial charge in [-0.1, -0.05) is 23.8 Å². The van der Waals surface area contributed by atoms with E-state index >= 15 is 0 Å². The molecule has 2 saturated heterocycles. The van der Waals surface area contributed by atoms with Gasteiger partial charge in [0.1, 0.15) is 11.9 Å². The van der Waals surface area contributed by atoms with Gasteiger partial charge < -0.3 is 25.0 Å². The highest BCUT2D eigenvalue weighted by Gasteiger charge is 2.33. The summed E-state index contributed by atoms with van der Waals surface area (Å²) < 4.78 is 11.1. The van der Waals surface area contributed by atoms with Gasteiger partial charge in [0.25, 0.3) is 5.91 Å². The molecule has 4 aliphatic rings. The van der Waals surface area contributed by atoms with E-state index < -0.39 is 0 Å². The summed E-state index contributed by atoms with van der Waals surface area (Å²) in [5, 5.41) is 6.95. The number of hydrogen-bond acceptors (Lipinski definition) is 7. The lowest BCUT2D eigenvalue weighted by atomic mass is 9.96. The largest absolute Gasteiger partial charge is 0.379 e. The zero-order chi connectivity index (χ0) is 24.4. The molecule has 1 aromatic rings. The first-order chi connectivity index (χ1) is 17.0. The second-order valence-corrected chi connectivity index (χ2v) is 10.3. The lowest BCUT2D eigenvalue weighted by Gasteiger charge is -2.39. The molecule has 1 aromatic carbocycles. The van der Waals surface area contributed by atoms with Crippen molar-refractivity contribution in [3.63, 3.8) is 0 Å². The normalized spacial score (nSPS) is 28.1. The van der Waals surface area contributed by atoms with E-state index in [1.54, 1.807) is 13.4 Å². The number of aryl methyl sites for hydroxylation is 1. The van der Waals surface area contributed by atoms with Crippen molar-refractivity contribution in [3.8, 4) is 0 Å². The minimum absolute atomic E-state index is 0.0891. The Labute approximate surface area is 208 Å². The molecule has 35 heavy (non-hydrogen) atoms. The highest BCUT2D eigenvalue weighted by atomic mass is 16.5. The summed E-state index contributed by atoms with van der Waals surface area (Å²) in [5.74, 6) is 0.0891. The molecule has 0 bridgehead atoms. The standard InChI is InChI=1S/C27H39N5O3/c1-18-4-5-20-6-10-32(15-21(20)14-18)26-19(2)25(28-17-29-26)27(33)31-11-7-22(8-12-31)30-23-9-13-35-16-24(23)34-3/h4-5,14,17,22-24,26,30H,6-13,15-16H2,1-3H3,(H,28,29)/t23-,24?,26?/m0/s1. The van der Waals surface area contributed by atoms with Crippen molar-refractivity contribution < 1.29 is 14.3 Å². The molecule has 2 fully saturated rings. The zero-order valence-corrected chi connectivity index (χ0v) is 21.3. The van der Waals surface area contributed by atoms with E-state index in [0.717, 1.165) is 64.0 Å². The highest BCUT2D eigenvalue weighted by Crippen LogP contribution is 2.27. The van der Waals surface area contributed by atoms with Crippen LogP contribution in [-0.2, 0) is 27.2 Å². The first-order valence-electron chi connectivity index (χ1n) is 13.0. The molecule has 2 N–H and O–H groups in total. The predicted molar refractivity (Wildman–Crippen MR) is 136 cm³/mol. The average molecular weight is 482 g/mol. The fourth-order valence-electron chi connectivity index (χ4n) is 5.89. The van der Waals surface area contributed by atoms with Gasteiger partial charge in [-0.05, 0) is 56.2 Å². The smallest absolute Gasteiger partial charge is 0.270 e. The van der Waals surface area contributed by atoms with Gasteiger partial charge in [-0.3, -0.25) is 14.7 Å². The van der Waals surface area contributed by atoms with Crippen LogP contribution in [0, 0.1) is 6.92 Å². The van der Waals surface area contributed by atoms with Gasteiger partial charge in [0.2, 0.25) is 0 Å². The summed E-state index contributed by atoms with van der Waals surface area (Å²) in [6, 6.07) is 7.45. The molecule has 0 spiro atoms. The Bertz CT molecular complexity index is 985.